The first-order valence-electron chi connectivity index (χ1n) is 14.6. The lowest BCUT2D eigenvalue weighted by molar-refractivity contribution is 0.443. The molecule has 194 valence electrons. The Morgan fingerprint density at radius 3 is 1.95 bits per heavy atom. The standard InChI is InChI=1S/C38H31NO/c1-3-11-26(12-4-1)27-19-21-31(22-20-27)39(30-15-5-2-6-16-30)35-25-37-38(33-18-10-9-17-32(33)35)34-23-28-13-7-8-14-29(28)24-36(34)40-37/h2,5-10,13-26H,1,3-4,11-12H2. The molecule has 2 nitrogen and oxygen atoms in total. The van der Waals surface area contributed by atoms with Crippen LogP contribution in [0.1, 0.15) is 43.6 Å². The Kier molecular flexibility index (Phi) is 5.58. The van der Waals surface area contributed by atoms with Gasteiger partial charge < -0.3 is 9.32 Å². The molecular weight excluding hydrogens is 486 g/mol. The molecular formula is C38H31NO. The molecule has 1 fully saturated rings. The van der Waals surface area contributed by atoms with Crippen LogP contribution in [0.4, 0.5) is 17.1 Å². The summed E-state index contributed by atoms with van der Waals surface area (Å²) in [5.41, 5.74) is 6.75. The lowest BCUT2D eigenvalue weighted by atomic mass is 9.84. The van der Waals surface area contributed by atoms with Gasteiger partial charge in [0.25, 0.3) is 0 Å². The van der Waals surface area contributed by atoms with Gasteiger partial charge in [-0.1, -0.05) is 98.1 Å². The van der Waals surface area contributed by atoms with Crippen LogP contribution in [0.25, 0.3) is 43.5 Å². The second kappa shape index (κ2) is 9.57. The van der Waals surface area contributed by atoms with E-state index in [1.807, 2.05) is 0 Å². The van der Waals surface area contributed by atoms with Gasteiger partial charge in [-0.05, 0) is 76.9 Å². The average Bonchev–Trinajstić information content (AvgIpc) is 3.38. The minimum absolute atomic E-state index is 0.691. The molecule has 1 saturated carbocycles. The number of anilines is 3. The van der Waals surface area contributed by atoms with Gasteiger partial charge in [-0.2, -0.15) is 0 Å². The van der Waals surface area contributed by atoms with Crippen molar-refractivity contribution in [1.29, 1.82) is 0 Å². The van der Waals surface area contributed by atoms with Gasteiger partial charge in [0.15, 0.2) is 0 Å². The van der Waals surface area contributed by atoms with Crippen LogP contribution in [0.3, 0.4) is 0 Å². The molecule has 0 bridgehead atoms. The van der Waals surface area contributed by atoms with Crippen molar-refractivity contribution in [2.45, 2.75) is 38.0 Å². The largest absolute Gasteiger partial charge is 0.456 e. The molecule has 0 aliphatic heterocycles. The summed E-state index contributed by atoms with van der Waals surface area (Å²) in [6.07, 6.45) is 6.70. The SMILES string of the molecule is c1ccc(N(c2ccc(C3CCCCC3)cc2)c2cc3oc4cc5ccccc5cc4c3c3ccccc23)cc1. The van der Waals surface area contributed by atoms with Gasteiger partial charge in [0.2, 0.25) is 0 Å². The molecule has 1 aliphatic rings. The van der Waals surface area contributed by atoms with E-state index in [0.717, 1.165) is 28.2 Å². The molecule has 0 amide bonds. The highest BCUT2D eigenvalue weighted by atomic mass is 16.3. The third-order valence-electron chi connectivity index (χ3n) is 8.81. The van der Waals surface area contributed by atoms with Gasteiger partial charge in [0, 0.05) is 33.6 Å². The zero-order valence-electron chi connectivity index (χ0n) is 22.5. The Morgan fingerprint density at radius 1 is 0.525 bits per heavy atom. The van der Waals surface area contributed by atoms with E-state index in [-0.39, 0.29) is 0 Å². The van der Waals surface area contributed by atoms with Crippen LogP contribution in [-0.2, 0) is 0 Å². The lowest BCUT2D eigenvalue weighted by Crippen LogP contribution is -2.11. The minimum atomic E-state index is 0.691. The number of hydrogen-bond acceptors (Lipinski definition) is 2. The first-order chi connectivity index (χ1) is 19.8. The molecule has 6 aromatic carbocycles. The van der Waals surface area contributed by atoms with Crippen LogP contribution in [0.5, 0.6) is 0 Å². The van der Waals surface area contributed by atoms with Gasteiger partial charge in [-0.3, -0.25) is 0 Å². The molecule has 1 aromatic heterocycles. The summed E-state index contributed by atoms with van der Waals surface area (Å²) in [5, 5.41) is 7.20. The maximum atomic E-state index is 6.60. The monoisotopic (exact) mass is 517 g/mol. The van der Waals surface area contributed by atoms with Gasteiger partial charge in [0.1, 0.15) is 11.2 Å². The van der Waals surface area contributed by atoms with Crippen LogP contribution in [0.2, 0.25) is 0 Å². The first-order valence-corrected chi connectivity index (χ1v) is 14.6. The number of rotatable bonds is 4. The second-order valence-electron chi connectivity index (χ2n) is 11.2. The van der Waals surface area contributed by atoms with E-state index in [2.05, 4.69) is 126 Å². The van der Waals surface area contributed by atoms with Crippen molar-refractivity contribution in [2.75, 3.05) is 4.90 Å². The Hall–Kier alpha value is -4.56. The summed E-state index contributed by atoms with van der Waals surface area (Å²) in [4.78, 5) is 2.39. The molecule has 0 saturated heterocycles. The number of fused-ring (bicyclic) bond motifs is 6. The molecule has 40 heavy (non-hydrogen) atoms. The molecule has 0 atom stereocenters. The van der Waals surface area contributed by atoms with Gasteiger partial charge >= 0.3 is 0 Å². The van der Waals surface area contributed by atoms with Gasteiger partial charge in [-0.25, -0.2) is 0 Å². The fourth-order valence-corrected chi connectivity index (χ4v) is 6.83. The maximum Gasteiger partial charge on any atom is 0.138 e. The molecule has 1 heterocycles. The highest BCUT2D eigenvalue weighted by Gasteiger charge is 2.21. The molecule has 0 spiro atoms. The summed E-state index contributed by atoms with van der Waals surface area (Å²) in [7, 11) is 0. The number of nitrogens with zero attached hydrogens (tertiary/aromatic N) is 1. The van der Waals surface area contributed by atoms with E-state index in [4.69, 9.17) is 4.42 Å². The van der Waals surface area contributed by atoms with Crippen LogP contribution in [-0.4, -0.2) is 0 Å². The number of benzene rings is 6. The van der Waals surface area contributed by atoms with Crippen LogP contribution < -0.4 is 4.90 Å². The Balaban J connectivity index is 1.36. The highest BCUT2D eigenvalue weighted by molar-refractivity contribution is 6.23. The Bertz CT molecular complexity index is 1980. The second-order valence-corrected chi connectivity index (χ2v) is 11.2. The van der Waals surface area contributed by atoms with E-state index in [1.165, 1.54) is 70.0 Å². The molecule has 2 heteroatoms. The summed E-state index contributed by atoms with van der Waals surface area (Å²) in [5.74, 6) is 0.691. The van der Waals surface area contributed by atoms with E-state index >= 15 is 0 Å². The topological polar surface area (TPSA) is 16.4 Å². The molecule has 8 rings (SSSR count). The van der Waals surface area contributed by atoms with Crippen molar-refractivity contribution >= 4 is 60.5 Å². The van der Waals surface area contributed by atoms with Crippen molar-refractivity contribution in [3.05, 3.63) is 127 Å². The maximum absolute atomic E-state index is 6.60. The smallest absolute Gasteiger partial charge is 0.138 e. The number of furan rings is 1. The first kappa shape index (κ1) is 23.3. The Labute approximate surface area is 234 Å². The third-order valence-corrected chi connectivity index (χ3v) is 8.81. The van der Waals surface area contributed by atoms with Crippen molar-refractivity contribution in [1.82, 2.24) is 0 Å². The van der Waals surface area contributed by atoms with Crippen molar-refractivity contribution < 1.29 is 4.42 Å². The normalized spacial score (nSPS) is 14.4. The van der Waals surface area contributed by atoms with Crippen molar-refractivity contribution in [3.63, 3.8) is 0 Å². The highest BCUT2D eigenvalue weighted by Crippen LogP contribution is 2.45. The number of para-hydroxylation sites is 1. The molecule has 0 radical (unpaired) electrons. The number of hydrogen-bond donors (Lipinski definition) is 0. The minimum Gasteiger partial charge on any atom is -0.456 e. The van der Waals surface area contributed by atoms with E-state index < -0.39 is 0 Å². The average molecular weight is 518 g/mol. The molecule has 0 unspecified atom stereocenters. The van der Waals surface area contributed by atoms with Gasteiger partial charge in [-0.15, -0.1) is 0 Å². The van der Waals surface area contributed by atoms with Crippen molar-refractivity contribution in [2.24, 2.45) is 0 Å². The zero-order chi connectivity index (χ0) is 26.5. The van der Waals surface area contributed by atoms with Crippen LogP contribution in [0, 0.1) is 0 Å². The quantitative estimate of drug-likeness (QED) is 0.231. The Morgan fingerprint density at radius 2 is 1.18 bits per heavy atom. The fourth-order valence-electron chi connectivity index (χ4n) is 6.83. The molecule has 7 aromatic rings. The van der Waals surface area contributed by atoms with Crippen LogP contribution >= 0.6 is 0 Å². The summed E-state index contributed by atoms with van der Waals surface area (Å²) >= 11 is 0. The molecule has 0 N–H and O–H groups in total. The van der Waals surface area contributed by atoms with Crippen molar-refractivity contribution in [3.8, 4) is 0 Å². The van der Waals surface area contributed by atoms with E-state index in [0.29, 0.717) is 5.92 Å². The summed E-state index contributed by atoms with van der Waals surface area (Å²) < 4.78 is 6.60. The lowest BCUT2D eigenvalue weighted by Gasteiger charge is -2.28. The predicted octanol–water partition coefficient (Wildman–Crippen LogP) is 11.4. The summed E-state index contributed by atoms with van der Waals surface area (Å²) in [6, 6.07) is 44.0. The molecule has 1 aliphatic carbocycles. The van der Waals surface area contributed by atoms with Gasteiger partial charge in [0.05, 0.1) is 5.69 Å². The predicted molar refractivity (Wildman–Crippen MR) is 169 cm³/mol. The van der Waals surface area contributed by atoms with E-state index in [1.54, 1.807) is 0 Å². The third kappa shape index (κ3) is 3.86. The van der Waals surface area contributed by atoms with E-state index in [9.17, 15) is 0 Å². The van der Waals surface area contributed by atoms with Crippen LogP contribution in [0.15, 0.2) is 126 Å². The zero-order valence-corrected chi connectivity index (χ0v) is 22.5. The fraction of sp³-hybridized carbons (Fsp3) is 0.158. The summed E-state index contributed by atoms with van der Waals surface area (Å²) in [6.45, 7) is 0.